The minimum Gasteiger partial charge on any atom is -0.351 e. The number of nitrogens with two attached hydrogens (primary N) is 1. The largest absolute Gasteiger partial charge is 0.351 e. The summed E-state index contributed by atoms with van der Waals surface area (Å²) in [4.78, 5) is 16.1. The Morgan fingerprint density at radius 3 is 2.83 bits per heavy atom. The van der Waals surface area contributed by atoms with Gasteiger partial charge in [-0.15, -0.1) is 0 Å². The molecule has 0 atom stereocenters. The van der Waals surface area contributed by atoms with Crippen molar-refractivity contribution in [3.8, 4) is 0 Å². The van der Waals surface area contributed by atoms with Gasteiger partial charge in [-0.1, -0.05) is 13.8 Å². The van der Waals surface area contributed by atoms with E-state index in [1.165, 1.54) is 0 Å². The molecule has 1 aromatic rings. The monoisotopic (exact) mass is 249 g/mol. The first-order valence-electron chi connectivity index (χ1n) is 6.36. The molecule has 0 aromatic carbocycles. The molecule has 1 rings (SSSR count). The fraction of sp³-hybridized carbons (Fsp3) is 0.571. The second-order valence-electron chi connectivity index (χ2n) is 5.38. The first-order valence-corrected chi connectivity index (χ1v) is 6.36. The van der Waals surface area contributed by atoms with E-state index in [9.17, 15) is 4.79 Å². The molecule has 1 aromatic heterocycles. The minimum atomic E-state index is -0.0542. The third-order valence-corrected chi connectivity index (χ3v) is 3.04. The van der Waals surface area contributed by atoms with Crippen molar-refractivity contribution < 1.29 is 4.79 Å². The van der Waals surface area contributed by atoms with Crippen LogP contribution >= 0.6 is 0 Å². The van der Waals surface area contributed by atoms with Crippen LogP contribution in [-0.4, -0.2) is 24.0 Å². The molecule has 0 saturated carbocycles. The molecule has 4 heteroatoms. The fourth-order valence-electron chi connectivity index (χ4n) is 1.81. The molecule has 3 N–H and O–H groups in total. The topological polar surface area (TPSA) is 68.0 Å². The number of carbonyl (C=O) groups excluding carboxylic acids is 1. The standard InChI is InChI=1S/C14H23N3O/c1-11-12(6-4-9-16-11)13(18)17-10-14(2,3)7-5-8-15/h4,6,9H,5,7-8,10,15H2,1-3H3,(H,17,18). The Bertz CT molecular complexity index is 402. The molecule has 0 bridgehead atoms. The van der Waals surface area contributed by atoms with E-state index < -0.39 is 0 Å². The molecule has 0 aliphatic carbocycles. The van der Waals surface area contributed by atoms with Gasteiger partial charge in [-0.3, -0.25) is 9.78 Å². The zero-order valence-corrected chi connectivity index (χ0v) is 11.5. The van der Waals surface area contributed by atoms with E-state index >= 15 is 0 Å². The van der Waals surface area contributed by atoms with E-state index in [0.717, 1.165) is 18.5 Å². The van der Waals surface area contributed by atoms with Gasteiger partial charge in [0.15, 0.2) is 0 Å². The fourth-order valence-corrected chi connectivity index (χ4v) is 1.81. The van der Waals surface area contributed by atoms with Crippen molar-refractivity contribution >= 4 is 5.91 Å². The van der Waals surface area contributed by atoms with Crippen LogP contribution in [0.5, 0.6) is 0 Å². The molecule has 0 aliphatic rings. The first kappa shape index (κ1) is 14.6. The van der Waals surface area contributed by atoms with Crippen LogP contribution in [0, 0.1) is 12.3 Å². The normalized spacial score (nSPS) is 11.3. The number of nitrogens with zero attached hydrogens (tertiary/aromatic N) is 1. The Morgan fingerprint density at radius 2 is 2.22 bits per heavy atom. The molecule has 0 aliphatic heterocycles. The van der Waals surface area contributed by atoms with E-state index in [4.69, 9.17) is 5.73 Å². The Kier molecular flexibility index (Phi) is 5.28. The molecule has 0 radical (unpaired) electrons. The van der Waals surface area contributed by atoms with Crippen LogP contribution in [-0.2, 0) is 0 Å². The molecule has 1 amide bonds. The number of rotatable bonds is 6. The Morgan fingerprint density at radius 1 is 1.50 bits per heavy atom. The molecular formula is C14H23N3O. The molecular weight excluding hydrogens is 226 g/mol. The van der Waals surface area contributed by atoms with E-state index in [1.807, 2.05) is 6.92 Å². The molecule has 0 saturated heterocycles. The number of carbonyl (C=O) groups is 1. The number of aryl methyl sites for hydroxylation is 1. The van der Waals surface area contributed by atoms with Gasteiger partial charge in [0.05, 0.1) is 5.56 Å². The number of hydrogen-bond acceptors (Lipinski definition) is 3. The molecule has 4 nitrogen and oxygen atoms in total. The minimum absolute atomic E-state index is 0.0542. The lowest BCUT2D eigenvalue weighted by molar-refractivity contribution is 0.0933. The predicted octanol–water partition coefficient (Wildman–Crippen LogP) is 1.88. The number of hydrogen-bond donors (Lipinski definition) is 2. The molecule has 0 spiro atoms. The van der Waals surface area contributed by atoms with E-state index in [0.29, 0.717) is 18.7 Å². The Balaban J connectivity index is 2.54. The van der Waals surface area contributed by atoms with Crippen molar-refractivity contribution in [1.82, 2.24) is 10.3 Å². The summed E-state index contributed by atoms with van der Waals surface area (Å²) >= 11 is 0. The maximum absolute atomic E-state index is 12.0. The van der Waals surface area contributed by atoms with E-state index in [2.05, 4.69) is 24.1 Å². The molecule has 0 fully saturated rings. The SMILES string of the molecule is Cc1ncccc1C(=O)NCC(C)(C)CCCN. The number of pyridine rings is 1. The highest BCUT2D eigenvalue weighted by molar-refractivity contribution is 5.95. The summed E-state index contributed by atoms with van der Waals surface area (Å²) in [6, 6.07) is 3.58. The summed E-state index contributed by atoms with van der Waals surface area (Å²) in [5.74, 6) is -0.0542. The highest BCUT2D eigenvalue weighted by Gasteiger charge is 2.19. The number of amides is 1. The maximum atomic E-state index is 12.0. The quantitative estimate of drug-likeness (QED) is 0.809. The third kappa shape index (κ3) is 4.45. The van der Waals surface area contributed by atoms with Crippen molar-refractivity contribution in [2.24, 2.45) is 11.1 Å². The summed E-state index contributed by atoms with van der Waals surface area (Å²) in [6.07, 6.45) is 3.68. The van der Waals surface area contributed by atoms with Crippen LogP contribution in [0.4, 0.5) is 0 Å². The number of nitrogens with one attached hydrogen (secondary N) is 1. The van der Waals surface area contributed by atoms with Gasteiger partial charge < -0.3 is 11.1 Å². The van der Waals surface area contributed by atoms with Gasteiger partial charge in [0.25, 0.3) is 5.91 Å². The molecule has 18 heavy (non-hydrogen) atoms. The first-order chi connectivity index (χ1) is 8.46. The smallest absolute Gasteiger partial charge is 0.253 e. The van der Waals surface area contributed by atoms with Crippen molar-refractivity contribution in [3.05, 3.63) is 29.6 Å². The van der Waals surface area contributed by atoms with Crippen LogP contribution in [0.2, 0.25) is 0 Å². The lowest BCUT2D eigenvalue weighted by atomic mass is 9.87. The Labute approximate surface area is 109 Å². The summed E-state index contributed by atoms with van der Waals surface area (Å²) in [6.45, 7) is 7.46. The van der Waals surface area contributed by atoms with Crippen LogP contribution in [0.3, 0.4) is 0 Å². The van der Waals surface area contributed by atoms with Gasteiger partial charge >= 0.3 is 0 Å². The summed E-state index contributed by atoms with van der Waals surface area (Å²) in [5.41, 5.74) is 6.99. The highest BCUT2D eigenvalue weighted by atomic mass is 16.1. The molecule has 1 heterocycles. The summed E-state index contributed by atoms with van der Waals surface area (Å²) in [5, 5.41) is 2.97. The Hall–Kier alpha value is -1.42. The molecule has 100 valence electrons. The second-order valence-corrected chi connectivity index (χ2v) is 5.38. The predicted molar refractivity (Wildman–Crippen MR) is 73.4 cm³/mol. The van der Waals surface area contributed by atoms with Gasteiger partial charge in [0, 0.05) is 18.4 Å². The van der Waals surface area contributed by atoms with Crippen LogP contribution in [0.1, 0.15) is 42.7 Å². The van der Waals surface area contributed by atoms with Crippen LogP contribution < -0.4 is 11.1 Å². The van der Waals surface area contributed by atoms with Gasteiger partial charge in [-0.05, 0) is 43.9 Å². The average molecular weight is 249 g/mol. The van der Waals surface area contributed by atoms with Gasteiger partial charge in [-0.25, -0.2) is 0 Å². The zero-order valence-electron chi connectivity index (χ0n) is 11.5. The van der Waals surface area contributed by atoms with Gasteiger partial charge in [-0.2, -0.15) is 0 Å². The van der Waals surface area contributed by atoms with Gasteiger partial charge in [0.1, 0.15) is 0 Å². The van der Waals surface area contributed by atoms with Crippen LogP contribution in [0.15, 0.2) is 18.3 Å². The summed E-state index contributed by atoms with van der Waals surface area (Å²) < 4.78 is 0. The lowest BCUT2D eigenvalue weighted by Crippen LogP contribution is -2.34. The van der Waals surface area contributed by atoms with Gasteiger partial charge in [0.2, 0.25) is 0 Å². The van der Waals surface area contributed by atoms with E-state index in [-0.39, 0.29) is 11.3 Å². The van der Waals surface area contributed by atoms with Crippen molar-refractivity contribution in [2.45, 2.75) is 33.6 Å². The van der Waals surface area contributed by atoms with Crippen molar-refractivity contribution in [1.29, 1.82) is 0 Å². The average Bonchev–Trinajstić information content (AvgIpc) is 2.34. The van der Waals surface area contributed by atoms with Crippen molar-refractivity contribution in [2.75, 3.05) is 13.1 Å². The highest BCUT2D eigenvalue weighted by Crippen LogP contribution is 2.20. The number of aromatic nitrogens is 1. The lowest BCUT2D eigenvalue weighted by Gasteiger charge is -2.24. The molecule has 0 unspecified atom stereocenters. The second kappa shape index (κ2) is 6.50. The maximum Gasteiger partial charge on any atom is 0.253 e. The van der Waals surface area contributed by atoms with Crippen molar-refractivity contribution in [3.63, 3.8) is 0 Å². The third-order valence-electron chi connectivity index (χ3n) is 3.04. The summed E-state index contributed by atoms with van der Waals surface area (Å²) in [7, 11) is 0. The van der Waals surface area contributed by atoms with E-state index in [1.54, 1.807) is 18.3 Å². The van der Waals surface area contributed by atoms with Crippen LogP contribution in [0.25, 0.3) is 0 Å². The zero-order chi connectivity index (χ0) is 13.6.